The van der Waals surface area contributed by atoms with Gasteiger partial charge in [-0.15, -0.1) is 0 Å². The third kappa shape index (κ3) is 5.96. The molecule has 0 aliphatic carbocycles. The van der Waals surface area contributed by atoms with Crippen LogP contribution >= 0.6 is 0 Å². The average molecular weight is 316 g/mol. The molecule has 9 heteroatoms. The van der Waals surface area contributed by atoms with Crippen LogP contribution in [0.2, 0.25) is 0 Å². The number of nitrogens with zero attached hydrogens (tertiary/aromatic N) is 1. The second-order valence-electron chi connectivity index (χ2n) is 4.29. The van der Waals surface area contributed by atoms with E-state index in [1.165, 1.54) is 12.3 Å². The summed E-state index contributed by atoms with van der Waals surface area (Å²) in [4.78, 5) is 15.7. The fraction of sp³-hybridized carbons (Fsp3) is 0.500. The molecule has 0 fully saturated rings. The molecule has 0 atom stereocenters. The van der Waals surface area contributed by atoms with Crippen LogP contribution < -0.4 is 15.8 Å². The molecule has 1 rings (SSSR count). The number of hydrogen-bond donors (Lipinski definition) is 3. The van der Waals surface area contributed by atoms with Crippen LogP contribution in [0.1, 0.15) is 23.7 Å². The molecule has 0 aliphatic heterocycles. The highest BCUT2D eigenvalue weighted by molar-refractivity contribution is 7.88. The summed E-state index contributed by atoms with van der Waals surface area (Å²) in [6.07, 6.45) is 3.11. The van der Waals surface area contributed by atoms with Crippen LogP contribution in [-0.2, 0) is 14.8 Å². The number of nitrogens with two attached hydrogens (primary N) is 1. The lowest BCUT2D eigenvalue weighted by atomic mass is 10.2. The number of pyridine rings is 1. The quantitative estimate of drug-likeness (QED) is 0.462. The molecule has 1 heterocycles. The number of carbonyl (C=O) groups excluding carboxylic acids is 1. The van der Waals surface area contributed by atoms with Crippen molar-refractivity contribution in [3.8, 4) is 0 Å². The number of esters is 1. The minimum absolute atomic E-state index is 0.215. The maximum absolute atomic E-state index is 11.7. The van der Waals surface area contributed by atoms with Gasteiger partial charge in [0.15, 0.2) is 0 Å². The minimum atomic E-state index is -3.18. The van der Waals surface area contributed by atoms with Crippen LogP contribution in [0.15, 0.2) is 12.3 Å². The van der Waals surface area contributed by atoms with E-state index < -0.39 is 16.0 Å². The zero-order valence-corrected chi connectivity index (χ0v) is 12.9. The standard InChI is InChI=1S/C12H20N4O4S/c1-3-20-12(17)9-5-8-15-11(10(9)13)14-6-4-7-16-21(2,18)19/h5,8,16H,3-4,6-7,13H2,1-2H3,(H,14,15). The largest absolute Gasteiger partial charge is 0.462 e. The van der Waals surface area contributed by atoms with Gasteiger partial charge in [-0.3, -0.25) is 0 Å². The first kappa shape index (κ1) is 17.2. The minimum Gasteiger partial charge on any atom is -0.462 e. The molecule has 8 nitrogen and oxygen atoms in total. The van der Waals surface area contributed by atoms with Crippen molar-refractivity contribution in [2.24, 2.45) is 0 Å². The summed E-state index contributed by atoms with van der Waals surface area (Å²) < 4.78 is 29.0. The smallest absolute Gasteiger partial charge is 0.340 e. The number of anilines is 2. The van der Waals surface area contributed by atoms with E-state index >= 15 is 0 Å². The molecule has 0 saturated carbocycles. The molecule has 0 bridgehead atoms. The number of nitrogen functional groups attached to an aromatic ring is 1. The van der Waals surface area contributed by atoms with E-state index in [1.807, 2.05) is 0 Å². The van der Waals surface area contributed by atoms with Crippen molar-refractivity contribution in [1.82, 2.24) is 9.71 Å². The Labute approximate surface area is 124 Å². The van der Waals surface area contributed by atoms with E-state index in [0.717, 1.165) is 6.26 Å². The van der Waals surface area contributed by atoms with Crippen LogP contribution in [0, 0.1) is 0 Å². The van der Waals surface area contributed by atoms with Crippen molar-refractivity contribution in [3.63, 3.8) is 0 Å². The Morgan fingerprint density at radius 1 is 1.43 bits per heavy atom. The first-order chi connectivity index (χ1) is 9.85. The molecule has 1 aromatic heterocycles. The van der Waals surface area contributed by atoms with E-state index in [1.54, 1.807) is 6.92 Å². The van der Waals surface area contributed by atoms with Crippen molar-refractivity contribution in [2.75, 3.05) is 37.0 Å². The number of hydrogen-bond acceptors (Lipinski definition) is 7. The number of sulfonamides is 1. The molecule has 0 saturated heterocycles. The monoisotopic (exact) mass is 316 g/mol. The molecular formula is C12H20N4O4S. The van der Waals surface area contributed by atoms with Gasteiger partial charge in [0.1, 0.15) is 5.82 Å². The summed E-state index contributed by atoms with van der Waals surface area (Å²) in [5.74, 6) is -0.126. The number of nitrogens with one attached hydrogen (secondary N) is 2. The lowest BCUT2D eigenvalue weighted by Gasteiger charge is -2.11. The summed E-state index contributed by atoms with van der Waals surface area (Å²) in [6, 6.07) is 1.49. The van der Waals surface area contributed by atoms with Gasteiger partial charge in [0.25, 0.3) is 0 Å². The van der Waals surface area contributed by atoms with Gasteiger partial charge in [0.05, 0.1) is 24.1 Å². The average Bonchev–Trinajstić information content (AvgIpc) is 2.39. The Balaban J connectivity index is 2.56. The molecule has 0 unspecified atom stereocenters. The van der Waals surface area contributed by atoms with Gasteiger partial charge in [-0.1, -0.05) is 0 Å². The van der Waals surface area contributed by atoms with Crippen LogP contribution in [0.25, 0.3) is 0 Å². The Kier molecular flexibility index (Phi) is 6.38. The molecule has 0 radical (unpaired) electrons. The van der Waals surface area contributed by atoms with E-state index in [2.05, 4.69) is 15.0 Å². The molecule has 0 aromatic carbocycles. The molecular weight excluding hydrogens is 296 g/mol. The first-order valence-corrected chi connectivity index (χ1v) is 8.34. The second-order valence-corrected chi connectivity index (χ2v) is 6.12. The Hall–Kier alpha value is -1.87. The maximum atomic E-state index is 11.7. The van der Waals surface area contributed by atoms with Gasteiger partial charge in [-0.05, 0) is 19.4 Å². The van der Waals surface area contributed by atoms with Gasteiger partial charge in [0.2, 0.25) is 10.0 Å². The van der Waals surface area contributed by atoms with Crippen molar-refractivity contribution < 1.29 is 17.9 Å². The third-order valence-electron chi connectivity index (χ3n) is 2.50. The first-order valence-electron chi connectivity index (χ1n) is 6.45. The topological polar surface area (TPSA) is 123 Å². The second kappa shape index (κ2) is 7.79. The number of aromatic nitrogens is 1. The predicted molar refractivity (Wildman–Crippen MR) is 80.6 cm³/mol. The van der Waals surface area contributed by atoms with E-state index in [9.17, 15) is 13.2 Å². The van der Waals surface area contributed by atoms with Crippen molar-refractivity contribution in [2.45, 2.75) is 13.3 Å². The van der Waals surface area contributed by atoms with E-state index in [0.29, 0.717) is 25.3 Å². The van der Waals surface area contributed by atoms with Crippen LogP contribution in [-0.4, -0.2) is 45.3 Å². The van der Waals surface area contributed by atoms with E-state index in [-0.39, 0.29) is 17.9 Å². The van der Waals surface area contributed by atoms with Crippen molar-refractivity contribution in [1.29, 1.82) is 0 Å². The van der Waals surface area contributed by atoms with Gasteiger partial charge in [-0.25, -0.2) is 22.9 Å². The molecule has 118 valence electrons. The molecule has 0 aliphatic rings. The fourth-order valence-corrected chi connectivity index (χ4v) is 2.07. The molecule has 21 heavy (non-hydrogen) atoms. The zero-order chi connectivity index (χ0) is 15.9. The number of rotatable bonds is 8. The van der Waals surface area contributed by atoms with Gasteiger partial charge in [0, 0.05) is 19.3 Å². The third-order valence-corrected chi connectivity index (χ3v) is 3.22. The van der Waals surface area contributed by atoms with Gasteiger partial charge in [-0.2, -0.15) is 0 Å². The lowest BCUT2D eigenvalue weighted by Crippen LogP contribution is -2.24. The Morgan fingerprint density at radius 2 is 2.14 bits per heavy atom. The van der Waals surface area contributed by atoms with Crippen LogP contribution in [0.5, 0.6) is 0 Å². The van der Waals surface area contributed by atoms with Crippen molar-refractivity contribution in [3.05, 3.63) is 17.8 Å². The van der Waals surface area contributed by atoms with Crippen LogP contribution in [0.4, 0.5) is 11.5 Å². The molecule has 0 spiro atoms. The highest BCUT2D eigenvalue weighted by Gasteiger charge is 2.14. The SMILES string of the molecule is CCOC(=O)c1ccnc(NCCCNS(C)(=O)=O)c1N. The van der Waals surface area contributed by atoms with Crippen molar-refractivity contribution >= 4 is 27.5 Å². The summed E-state index contributed by atoms with van der Waals surface area (Å²) in [5.41, 5.74) is 6.33. The molecule has 1 aromatic rings. The fourth-order valence-electron chi connectivity index (χ4n) is 1.55. The van der Waals surface area contributed by atoms with E-state index in [4.69, 9.17) is 10.5 Å². The van der Waals surface area contributed by atoms with Crippen LogP contribution in [0.3, 0.4) is 0 Å². The highest BCUT2D eigenvalue weighted by atomic mass is 32.2. The Bertz CT molecular complexity index is 589. The number of ether oxygens (including phenoxy) is 1. The Morgan fingerprint density at radius 3 is 2.76 bits per heavy atom. The summed E-state index contributed by atoms with van der Waals surface area (Å²) in [6.45, 7) is 2.75. The van der Waals surface area contributed by atoms with Gasteiger partial charge < -0.3 is 15.8 Å². The summed E-state index contributed by atoms with van der Waals surface area (Å²) in [7, 11) is -3.18. The molecule has 4 N–H and O–H groups in total. The highest BCUT2D eigenvalue weighted by Crippen LogP contribution is 2.20. The summed E-state index contributed by atoms with van der Waals surface area (Å²) in [5, 5.41) is 2.96. The number of carbonyl (C=O) groups is 1. The maximum Gasteiger partial charge on any atom is 0.340 e. The zero-order valence-electron chi connectivity index (χ0n) is 12.0. The normalized spacial score (nSPS) is 11.1. The van der Waals surface area contributed by atoms with Gasteiger partial charge >= 0.3 is 5.97 Å². The summed E-state index contributed by atoms with van der Waals surface area (Å²) >= 11 is 0. The predicted octanol–water partition coefficient (Wildman–Crippen LogP) is 0.192. The molecule has 0 amide bonds. The lowest BCUT2D eigenvalue weighted by molar-refractivity contribution is 0.0527.